The van der Waals surface area contributed by atoms with Gasteiger partial charge in [0.2, 0.25) is 0 Å². The van der Waals surface area contributed by atoms with E-state index >= 15 is 0 Å². The van der Waals surface area contributed by atoms with Crippen LogP contribution in [0.4, 0.5) is 4.79 Å². The normalized spacial score (nSPS) is 17.0. The van der Waals surface area contributed by atoms with Crippen molar-refractivity contribution >= 4 is 41.0 Å². The third kappa shape index (κ3) is 10.4. The van der Waals surface area contributed by atoms with Crippen molar-refractivity contribution in [3.05, 3.63) is 87.4 Å². The molecular weight excluding hydrogens is 623 g/mol. The number of carbonyl (C=O) groups is 1. The summed E-state index contributed by atoms with van der Waals surface area (Å²) in [6, 6.07) is 21.8. The number of carbonyl (C=O) groups excluding carboxylic acids is 1. The van der Waals surface area contributed by atoms with Crippen LogP contribution in [0.3, 0.4) is 0 Å². The number of hydrogen-bond donors (Lipinski definition) is 2. The zero-order valence-corrected chi connectivity index (χ0v) is 28.8. The fourth-order valence-corrected chi connectivity index (χ4v) is 7.82. The number of benzene rings is 3. The number of halogens is 2. The Bertz CT molecular complexity index is 1370. The average molecular weight is 670 g/mol. The summed E-state index contributed by atoms with van der Waals surface area (Å²) in [6.07, 6.45) is 4.59. The van der Waals surface area contributed by atoms with Crippen molar-refractivity contribution in [1.29, 1.82) is 0 Å². The summed E-state index contributed by atoms with van der Waals surface area (Å²) in [5.41, 5.74) is 6.23. The highest BCUT2D eigenvalue weighted by Crippen LogP contribution is 2.33. The third-order valence-electron chi connectivity index (χ3n) is 9.10. The molecule has 45 heavy (non-hydrogen) atoms. The van der Waals surface area contributed by atoms with Gasteiger partial charge >= 0.3 is 6.03 Å². The summed E-state index contributed by atoms with van der Waals surface area (Å²) in [5, 5.41) is 6.89. The van der Waals surface area contributed by atoms with E-state index in [1.54, 1.807) is 20.2 Å². The van der Waals surface area contributed by atoms with Crippen molar-refractivity contribution in [2.24, 2.45) is 5.92 Å². The summed E-state index contributed by atoms with van der Waals surface area (Å²) < 4.78 is 5.25. The van der Waals surface area contributed by atoms with Gasteiger partial charge in [-0.1, -0.05) is 47.5 Å². The van der Waals surface area contributed by atoms with Gasteiger partial charge in [0, 0.05) is 54.5 Å². The van der Waals surface area contributed by atoms with Crippen molar-refractivity contribution in [2.45, 2.75) is 48.8 Å². The molecule has 6 nitrogen and oxygen atoms in total. The molecule has 0 spiro atoms. The molecule has 3 aromatic carbocycles. The summed E-state index contributed by atoms with van der Waals surface area (Å²) in [6.45, 7) is 7.81. The fraction of sp³-hybridized carbons (Fsp3) is 0.472. The minimum absolute atomic E-state index is 0.105. The molecule has 0 unspecified atom stereocenters. The van der Waals surface area contributed by atoms with E-state index in [9.17, 15) is 4.79 Å². The van der Waals surface area contributed by atoms with Crippen LogP contribution in [0.2, 0.25) is 10.0 Å². The lowest BCUT2D eigenvalue weighted by atomic mass is 9.89. The number of methoxy groups -OCH3 is 1. The van der Waals surface area contributed by atoms with Gasteiger partial charge in [-0.25, -0.2) is 4.79 Å². The molecular formula is C36H46Cl2N4O2S. The maximum absolute atomic E-state index is 11.6. The first-order chi connectivity index (χ1) is 21.9. The van der Waals surface area contributed by atoms with Crippen LogP contribution < -0.4 is 10.6 Å². The third-order valence-corrected chi connectivity index (χ3v) is 10.6. The summed E-state index contributed by atoms with van der Waals surface area (Å²) in [4.78, 5) is 17.9. The highest BCUT2D eigenvalue weighted by molar-refractivity contribution is 7.98. The number of rotatable bonds is 12. The highest BCUT2D eigenvalue weighted by atomic mass is 35.5. The molecule has 0 radical (unpaired) electrons. The monoisotopic (exact) mass is 668 g/mol. The lowest BCUT2D eigenvalue weighted by Gasteiger charge is -2.32. The molecule has 5 rings (SSSR count). The van der Waals surface area contributed by atoms with Crippen molar-refractivity contribution in [3.8, 4) is 11.1 Å². The largest absolute Gasteiger partial charge is 0.383 e. The Morgan fingerprint density at radius 2 is 1.51 bits per heavy atom. The van der Waals surface area contributed by atoms with Crippen LogP contribution in [0.1, 0.15) is 48.3 Å². The van der Waals surface area contributed by atoms with Crippen molar-refractivity contribution in [1.82, 2.24) is 20.4 Å². The van der Waals surface area contributed by atoms with E-state index in [-0.39, 0.29) is 6.03 Å². The molecule has 0 saturated carbocycles. The Morgan fingerprint density at radius 3 is 2.18 bits per heavy atom. The standard InChI is InChI=1S/C36H46Cl2N4O2S/c1-39-36(43)40-23-26-7-11-42(12-8-26)24-27-17-28(19-31(18-27)32-20-33(37)22-34(38)21-32)25-45-35-5-3-29(4-6-35)30-9-13-41(14-10-30)15-16-44-2/h3-6,17-22,26,30H,7-16,23-25H2,1-2H3,(H2,39,40,43). The number of nitrogens with zero attached hydrogens (tertiary/aromatic N) is 2. The molecule has 0 aliphatic carbocycles. The van der Waals surface area contributed by atoms with Gasteiger partial charge in [-0.05, 0) is 128 Å². The van der Waals surface area contributed by atoms with Gasteiger partial charge in [0.25, 0.3) is 0 Å². The van der Waals surface area contributed by atoms with Crippen LogP contribution >= 0.6 is 35.0 Å². The van der Waals surface area contributed by atoms with Gasteiger partial charge in [0.1, 0.15) is 0 Å². The fourth-order valence-electron chi connectivity index (χ4n) is 6.47. The van der Waals surface area contributed by atoms with E-state index in [2.05, 4.69) is 62.9 Å². The number of likely N-dealkylation sites (tertiary alicyclic amines) is 2. The lowest BCUT2D eigenvalue weighted by Crippen LogP contribution is -2.40. The maximum Gasteiger partial charge on any atom is 0.314 e. The second-order valence-electron chi connectivity index (χ2n) is 12.3. The van der Waals surface area contributed by atoms with Crippen molar-refractivity contribution < 1.29 is 9.53 Å². The minimum atomic E-state index is -0.105. The number of ether oxygens (including phenoxy) is 1. The predicted octanol–water partition coefficient (Wildman–Crippen LogP) is 7.92. The maximum atomic E-state index is 11.6. The molecule has 242 valence electrons. The molecule has 2 aliphatic rings. The smallest absolute Gasteiger partial charge is 0.314 e. The van der Waals surface area contributed by atoms with Crippen LogP contribution in [-0.2, 0) is 17.0 Å². The summed E-state index contributed by atoms with van der Waals surface area (Å²) >= 11 is 14.7. The zero-order valence-electron chi connectivity index (χ0n) is 26.5. The number of nitrogens with one attached hydrogen (secondary N) is 2. The molecule has 0 bridgehead atoms. The topological polar surface area (TPSA) is 56.8 Å². The van der Waals surface area contributed by atoms with E-state index in [0.29, 0.717) is 21.9 Å². The first-order valence-corrected chi connectivity index (χ1v) is 17.8. The van der Waals surface area contributed by atoms with Crippen molar-refractivity contribution in [2.75, 3.05) is 60.0 Å². The molecule has 0 atom stereocenters. The molecule has 2 fully saturated rings. The van der Waals surface area contributed by atoms with E-state index in [1.807, 2.05) is 23.9 Å². The van der Waals surface area contributed by atoms with E-state index in [4.69, 9.17) is 27.9 Å². The number of amides is 2. The molecule has 3 aromatic rings. The SMILES string of the molecule is CNC(=O)NCC1CCN(Cc2cc(CSc3ccc(C4CCN(CCOC)CC4)cc3)cc(-c3cc(Cl)cc(Cl)c3)c2)CC1. The molecule has 9 heteroatoms. The zero-order chi connectivity index (χ0) is 31.6. The Morgan fingerprint density at radius 1 is 0.867 bits per heavy atom. The van der Waals surface area contributed by atoms with E-state index in [1.165, 1.54) is 34.4 Å². The second-order valence-corrected chi connectivity index (χ2v) is 14.3. The molecule has 2 aliphatic heterocycles. The van der Waals surface area contributed by atoms with Gasteiger partial charge in [0.15, 0.2) is 0 Å². The van der Waals surface area contributed by atoms with E-state index < -0.39 is 0 Å². The minimum Gasteiger partial charge on any atom is -0.383 e. The number of hydrogen-bond acceptors (Lipinski definition) is 5. The predicted molar refractivity (Wildman–Crippen MR) is 189 cm³/mol. The van der Waals surface area contributed by atoms with Crippen LogP contribution in [0.15, 0.2) is 65.6 Å². The quantitative estimate of drug-likeness (QED) is 0.192. The van der Waals surface area contributed by atoms with Crippen LogP contribution in [0, 0.1) is 5.92 Å². The van der Waals surface area contributed by atoms with Gasteiger partial charge in [-0.15, -0.1) is 11.8 Å². The molecule has 2 amide bonds. The Labute approximate surface area is 283 Å². The van der Waals surface area contributed by atoms with Crippen LogP contribution in [0.5, 0.6) is 0 Å². The summed E-state index contributed by atoms with van der Waals surface area (Å²) in [5.74, 6) is 2.05. The van der Waals surface area contributed by atoms with Gasteiger partial charge in [-0.2, -0.15) is 0 Å². The van der Waals surface area contributed by atoms with Gasteiger partial charge in [-0.3, -0.25) is 4.90 Å². The van der Waals surface area contributed by atoms with Crippen molar-refractivity contribution in [3.63, 3.8) is 0 Å². The second kappa shape index (κ2) is 17.1. The molecule has 2 heterocycles. The Balaban J connectivity index is 1.23. The first kappa shape index (κ1) is 34.1. The lowest BCUT2D eigenvalue weighted by molar-refractivity contribution is 0.130. The average Bonchev–Trinajstić information content (AvgIpc) is 3.06. The number of piperidine rings is 2. The Hall–Kier alpha value is -2.26. The van der Waals surface area contributed by atoms with E-state index in [0.717, 1.165) is 82.1 Å². The number of thioether (sulfide) groups is 1. The number of urea groups is 1. The first-order valence-electron chi connectivity index (χ1n) is 16.1. The molecule has 0 aromatic heterocycles. The van der Waals surface area contributed by atoms with Gasteiger partial charge < -0.3 is 20.3 Å². The Kier molecular flexibility index (Phi) is 12.9. The van der Waals surface area contributed by atoms with Crippen LogP contribution in [-0.4, -0.2) is 75.9 Å². The summed E-state index contributed by atoms with van der Waals surface area (Å²) in [7, 11) is 3.43. The van der Waals surface area contributed by atoms with Crippen LogP contribution in [0.25, 0.3) is 11.1 Å². The highest BCUT2D eigenvalue weighted by Gasteiger charge is 2.21. The molecule has 2 saturated heterocycles. The van der Waals surface area contributed by atoms with Gasteiger partial charge in [0.05, 0.1) is 6.61 Å². The molecule has 2 N–H and O–H groups in total.